The van der Waals surface area contributed by atoms with Crippen LogP contribution in [0.25, 0.3) is 10.9 Å². The van der Waals surface area contributed by atoms with Gasteiger partial charge in [-0.05, 0) is 19.4 Å². The second-order valence-corrected chi connectivity index (χ2v) is 3.13. The van der Waals surface area contributed by atoms with Crippen molar-refractivity contribution in [3.63, 3.8) is 0 Å². The third-order valence-electron chi connectivity index (χ3n) is 1.90. The van der Waals surface area contributed by atoms with Gasteiger partial charge in [-0.3, -0.25) is 5.10 Å². The molecular formula is C15H22N2. The Morgan fingerprint density at radius 2 is 1.94 bits per heavy atom. The predicted molar refractivity (Wildman–Crippen MR) is 75.8 cm³/mol. The molecule has 0 bridgehead atoms. The van der Waals surface area contributed by atoms with Gasteiger partial charge in [0.1, 0.15) is 0 Å². The van der Waals surface area contributed by atoms with Crippen LogP contribution in [0.4, 0.5) is 0 Å². The van der Waals surface area contributed by atoms with Gasteiger partial charge >= 0.3 is 0 Å². The Kier molecular flexibility index (Phi) is 9.65. The van der Waals surface area contributed by atoms with E-state index in [4.69, 9.17) is 0 Å². The number of aromatic nitrogens is 2. The minimum absolute atomic E-state index is 1.05. The fraction of sp³-hybridized carbons (Fsp3) is 0.400. The standard InChI is InChI=1S/C7H6N2.C6H10.C2H6/c1-2-4-7-6(3-1)5-8-9-7;1-3-5-6-4-2;1-2/h1-5H,(H,8,9);3,5H2,1-2H3;1-2H3. The molecule has 0 atom stereocenters. The number of nitrogens with zero attached hydrogens (tertiary/aromatic N) is 1. The van der Waals surface area contributed by atoms with E-state index in [9.17, 15) is 0 Å². The second kappa shape index (κ2) is 10.8. The highest BCUT2D eigenvalue weighted by Crippen LogP contribution is 2.06. The van der Waals surface area contributed by atoms with Crippen LogP contribution in [0, 0.1) is 11.8 Å². The van der Waals surface area contributed by atoms with Crippen molar-refractivity contribution in [2.75, 3.05) is 0 Å². The first kappa shape index (κ1) is 15.2. The van der Waals surface area contributed by atoms with Gasteiger partial charge in [-0.1, -0.05) is 39.0 Å². The number of fused-ring (bicyclic) bond motifs is 1. The van der Waals surface area contributed by atoms with E-state index in [0.717, 1.165) is 17.3 Å². The Morgan fingerprint density at radius 3 is 2.47 bits per heavy atom. The molecule has 1 heterocycles. The molecule has 1 N–H and O–H groups in total. The van der Waals surface area contributed by atoms with Crippen LogP contribution in [0.1, 0.15) is 40.5 Å². The van der Waals surface area contributed by atoms with Gasteiger partial charge in [0.2, 0.25) is 0 Å². The molecule has 2 aromatic rings. The Hall–Kier alpha value is -1.75. The number of benzene rings is 1. The highest BCUT2D eigenvalue weighted by Gasteiger charge is 1.88. The molecule has 0 radical (unpaired) electrons. The first-order chi connectivity index (χ1) is 8.38. The number of hydrogen-bond acceptors (Lipinski definition) is 1. The van der Waals surface area contributed by atoms with Crippen molar-refractivity contribution in [3.05, 3.63) is 30.5 Å². The Morgan fingerprint density at radius 1 is 1.24 bits per heavy atom. The van der Waals surface area contributed by atoms with Crippen molar-refractivity contribution in [1.82, 2.24) is 10.2 Å². The molecule has 0 aliphatic heterocycles. The number of hydrogen-bond donors (Lipinski definition) is 1. The van der Waals surface area contributed by atoms with Crippen LogP contribution in [0.2, 0.25) is 0 Å². The fourth-order valence-corrected chi connectivity index (χ4v) is 1.13. The number of rotatable bonds is 1. The summed E-state index contributed by atoms with van der Waals surface area (Å²) < 4.78 is 0. The first-order valence-electron chi connectivity index (χ1n) is 6.16. The Balaban J connectivity index is 0.000000283. The summed E-state index contributed by atoms with van der Waals surface area (Å²) in [5.41, 5.74) is 1.09. The van der Waals surface area contributed by atoms with E-state index in [0.29, 0.717) is 0 Å². The van der Waals surface area contributed by atoms with Crippen molar-refractivity contribution >= 4 is 10.9 Å². The average molecular weight is 230 g/mol. The molecule has 0 aliphatic carbocycles. The summed E-state index contributed by atoms with van der Waals surface area (Å²) in [5, 5.41) is 7.91. The normalized spacial score (nSPS) is 8.00. The Bertz CT molecular complexity index is 416. The number of para-hydroxylation sites is 1. The van der Waals surface area contributed by atoms with Crippen LogP contribution >= 0.6 is 0 Å². The molecule has 0 saturated heterocycles. The van der Waals surface area contributed by atoms with Crippen molar-refractivity contribution in [2.45, 2.75) is 40.5 Å². The lowest BCUT2D eigenvalue weighted by atomic mass is 10.3. The summed E-state index contributed by atoms with van der Waals surface area (Å²) in [4.78, 5) is 0. The van der Waals surface area contributed by atoms with Gasteiger partial charge in [-0.15, -0.1) is 11.8 Å². The topological polar surface area (TPSA) is 28.7 Å². The number of aromatic amines is 1. The molecule has 2 nitrogen and oxygen atoms in total. The number of nitrogens with one attached hydrogen (secondary N) is 1. The molecular weight excluding hydrogens is 208 g/mol. The third kappa shape index (κ3) is 6.42. The molecule has 2 heteroatoms. The molecule has 1 aromatic heterocycles. The summed E-state index contributed by atoms with van der Waals surface area (Å²) in [6, 6.07) is 8.01. The maximum Gasteiger partial charge on any atom is 0.0650 e. The largest absolute Gasteiger partial charge is 0.278 e. The molecule has 0 saturated carbocycles. The predicted octanol–water partition coefficient (Wildman–Crippen LogP) is 4.40. The van der Waals surface area contributed by atoms with Crippen LogP contribution in [-0.2, 0) is 0 Å². The minimum Gasteiger partial charge on any atom is -0.278 e. The molecule has 0 fully saturated rings. The zero-order chi connectivity index (χ0) is 12.9. The minimum atomic E-state index is 1.05. The summed E-state index contributed by atoms with van der Waals surface area (Å²) in [6.07, 6.45) is 4.05. The first-order valence-corrected chi connectivity index (χ1v) is 6.16. The SMILES string of the molecule is CC.CC#CCCC.c1ccc2[nH]ncc2c1. The van der Waals surface area contributed by atoms with Crippen LogP contribution in [-0.4, -0.2) is 10.2 Å². The van der Waals surface area contributed by atoms with Crippen LogP contribution in [0.15, 0.2) is 30.5 Å². The molecule has 17 heavy (non-hydrogen) atoms. The molecule has 0 aliphatic rings. The second-order valence-electron chi connectivity index (χ2n) is 3.13. The molecule has 0 unspecified atom stereocenters. The summed E-state index contributed by atoms with van der Waals surface area (Å²) in [5.74, 6) is 5.77. The smallest absolute Gasteiger partial charge is 0.0650 e. The quantitative estimate of drug-likeness (QED) is 0.723. The van der Waals surface area contributed by atoms with Crippen LogP contribution in [0.5, 0.6) is 0 Å². The number of unbranched alkanes of at least 4 members (excludes halogenated alkanes) is 1. The van der Waals surface area contributed by atoms with Crippen molar-refractivity contribution in [2.24, 2.45) is 0 Å². The van der Waals surface area contributed by atoms with Gasteiger partial charge < -0.3 is 0 Å². The number of H-pyrrole nitrogens is 1. The van der Waals surface area contributed by atoms with E-state index < -0.39 is 0 Å². The van der Waals surface area contributed by atoms with Gasteiger partial charge in [0.05, 0.1) is 11.7 Å². The summed E-state index contributed by atoms with van der Waals surface area (Å²) in [7, 11) is 0. The van der Waals surface area contributed by atoms with E-state index in [1.807, 2.05) is 51.2 Å². The molecule has 0 spiro atoms. The molecule has 2 rings (SSSR count). The molecule has 1 aromatic carbocycles. The Labute approximate surface area is 104 Å². The van der Waals surface area contributed by atoms with Gasteiger partial charge in [-0.25, -0.2) is 0 Å². The highest BCUT2D eigenvalue weighted by atomic mass is 15.1. The van der Waals surface area contributed by atoms with Crippen molar-refractivity contribution in [3.8, 4) is 11.8 Å². The van der Waals surface area contributed by atoms with Gasteiger partial charge in [-0.2, -0.15) is 5.10 Å². The van der Waals surface area contributed by atoms with E-state index in [2.05, 4.69) is 29.0 Å². The van der Waals surface area contributed by atoms with Gasteiger partial charge in [0.25, 0.3) is 0 Å². The highest BCUT2D eigenvalue weighted by molar-refractivity contribution is 5.77. The lowest BCUT2D eigenvalue weighted by molar-refractivity contribution is 0.983. The fourth-order valence-electron chi connectivity index (χ4n) is 1.13. The van der Waals surface area contributed by atoms with E-state index in [1.165, 1.54) is 6.42 Å². The molecule has 0 amide bonds. The third-order valence-corrected chi connectivity index (χ3v) is 1.90. The lowest BCUT2D eigenvalue weighted by Crippen LogP contribution is -1.63. The average Bonchev–Trinajstić information content (AvgIpc) is 2.88. The van der Waals surface area contributed by atoms with E-state index in [1.54, 1.807) is 0 Å². The summed E-state index contributed by atoms with van der Waals surface area (Å²) in [6.45, 7) is 8.00. The maximum absolute atomic E-state index is 3.88. The van der Waals surface area contributed by atoms with Crippen LogP contribution < -0.4 is 0 Å². The van der Waals surface area contributed by atoms with Crippen molar-refractivity contribution in [1.29, 1.82) is 0 Å². The van der Waals surface area contributed by atoms with E-state index in [-0.39, 0.29) is 0 Å². The summed E-state index contributed by atoms with van der Waals surface area (Å²) >= 11 is 0. The zero-order valence-electron chi connectivity index (χ0n) is 11.2. The lowest BCUT2D eigenvalue weighted by Gasteiger charge is -1.81. The van der Waals surface area contributed by atoms with Gasteiger partial charge in [0.15, 0.2) is 0 Å². The van der Waals surface area contributed by atoms with Crippen LogP contribution in [0.3, 0.4) is 0 Å². The van der Waals surface area contributed by atoms with Crippen molar-refractivity contribution < 1.29 is 0 Å². The van der Waals surface area contributed by atoms with Gasteiger partial charge in [0, 0.05) is 11.8 Å². The maximum atomic E-state index is 3.88. The monoisotopic (exact) mass is 230 g/mol. The van der Waals surface area contributed by atoms with E-state index >= 15 is 0 Å². The molecule has 92 valence electrons. The zero-order valence-corrected chi connectivity index (χ0v) is 11.2.